The average molecular weight is 326 g/mol. The lowest BCUT2D eigenvalue weighted by Gasteiger charge is -2.09. The van der Waals surface area contributed by atoms with Crippen LogP contribution in [0.5, 0.6) is 11.5 Å². The summed E-state index contributed by atoms with van der Waals surface area (Å²) in [6, 6.07) is 12.8. The van der Waals surface area contributed by atoms with Gasteiger partial charge in [0.05, 0.1) is 12.2 Å². The van der Waals surface area contributed by atoms with Crippen molar-refractivity contribution in [3.8, 4) is 11.5 Å². The number of hydrogen-bond donors (Lipinski definition) is 3. The van der Waals surface area contributed by atoms with Gasteiger partial charge in [0.25, 0.3) is 11.8 Å². The summed E-state index contributed by atoms with van der Waals surface area (Å²) in [6.45, 7) is 0.710. The molecule has 0 unspecified atom stereocenters. The summed E-state index contributed by atoms with van der Waals surface area (Å²) in [5.41, 5.74) is 5.06. The Balaban J connectivity index is 1.52. The number of hydrazine groups is 1. The summed E-state index contributed by atoms with van der Waals surface area (Å²) >= 11 is 0. The minimum absolute atomic E-state index is 0.0848. The van der Waals surface area contributed by atoms with Gasteiger partial charge in [-0.25, -0.2) is 0 Å². The lowest BCUT2D eigenvalue weighted by atomic mass is 10.2. The van der Waals surface area contributed by atoms with Crippen LogP contribution in [0.1, 0.15) is 33.6 Å². The van der Waals surface area contributed by atoms with E-state index in [1.165, 1.54) is 25.0 Å². The summed E-state index contributed by atoms with van der Waals surface area (Å²) < 4.78 is 5.60. The minimum Gasteiger partial charge on any atom is -0.507 e. The van der Waals surface area contributed by atoms with Gasteiger partial charge in [-0.3, -0.25) is 20.4 Å². The first-order valence-corrected chi connectivity index (χ1v) is 7.75. The van der Waals surface area contributed by atoms with Crippen LogP contribution in [0.25, 0.3) is 0 Å². The van der Waals surface area contributed by atoms with Gasteiger partial charge < -0.3 is 9.84 Å². The number of nitrogens with one attached hydrogen (secondary N) is 2. The van der Waals surface area contributed by atoms with Crippen LogP contribution in [-0.2, 0) is 0 Å². The van der Waals surface area contributed by atoms with E-state index in [0.717, 1.165) is 5.75 Å². The average Bonchev–Trinajstić information content (AvgIpc) is 3.43. The fourth-order valence-corrected chi connectivity index (χ4v) is 2.12. The van der Waals surface area contributed by atoms with E-state index in [1.807, 2.05) is 0 Å². The molecule has 0 radical (unpaired) electrons. The molecule has 0 spiro atoms. The number of ether oxygens (including phenoxy) is 1. The van der Waals surface area contributed by atoms with Crippen molar-refractivity contribution in [3.05, 3.63) is 59.7 Å². The van der Waals surface area contributed by atoms with Crippen molar-refractivity contribution in [1.82, 2.24) is 10.9 Å². The number of benzene rings is 2. The first-order chi connectivity index (χ1) is 11.6. The summed E-state index contributed by atoms with van der Waals surface area (Å²) in [5, 5.41) is 9.60. The van der Waals surface area contributed by atoms with Crippen LogP contribution in [-0.4, -0.2) is 23.5 Å². The zero-order valence-electron chi connectivity index (χ0n) is 13.0. The molecule has 0 aliphatic heterocycles. The molecular weight excluding hydrogens is 308 g/mol. The van der Waals surface area contributed by atoms with Gasteiger partial charge in [-0.1, -0.05) is 12.1 Å². The second kappa shape index (κ2) is 7.04. The highest BCUT2D eigenvalue weighted by Gasteiger charge is 2.21. The number of amides is 2. The molecule has 3 N–H and O–H groups in total. The van der Waals surface area contributed by atoms with Gasteiger partial charge in [0.15, 0.2) is 0 Å². The standard InChI is InChI=1S/C18H18N2O4/c21-16-4-2-1-3-15(16)18(23)20-19-17(22)13-7-9-14(10-8-13)24-11-12-5-6-12/h1-4,7-10,12,21H,5-6,11H2,(H,19,22)(H,20,23). The molecule has 2 aromatic carbocycles. The molecule has 1 aliphatic carbocycles. The maximum atomic E-state index is 12.0. The van der Waals surface area contributed by atoms with Gasteiger partial charge >= 0.3 is 0 Å². The predicted molar refractivity (Wildman–Crippen MR) is 87.7 cm³/mol. The van der Waals surface area contributed by atoms with Crippen molar-refractivity contribution < 1.29 is 19.4 Å². The molecule has 0 bridgehead atoms. The Morgan fingerprint density at radius 3 is 2.33 bits per heavy atom. The third-order valence-corrected chi connectivity index (χ3v) is 3.74. The fourth-order valence-electron chi connectivity index (χ4n) is 2.12. The molecule has 2 aromatic rings. The molecule has 0 saturated heterocycles. The van der Waals surface area contributed by atoms with E-state index in [1.54, 1.807) is 36.4 Å². The number of carbonyl (C=O) groups excluding carboxylic acids is 2. The fraction of sp³-hybridized carbons (Fsp3) is 0.222. The first-order valence-electron chi connectivity index (χ1n) is 7.75. The van der Waals surface area contributed by atoms with Gasteiger partial charge in [-0.15, -0.1) is 0 Å². The molecule has 124 valence electrons. The number of aromatic hydroxyl groups is 1. The quantitative estimate of drug-likeness (QED) is 0.736. The predicted octanol–water partition coefficient (Wildman–Crippen LogP) is 2.26. The van der Waals surface area contributed by atoms with Crippen molar-refractivity contribution in [2.24, 2.45) is 5.92 Å². The smallest absolute Gasteiger partial charge is 0.273 e. The summed E-state index contributed by atoms with van der Waals surface area (Å²) in [4.78, 5) is 23.9. The minimum atomic E-state index is -0.592. The molecule has 0 heterocycles. The Morgan fingerprint density at radius 1 is 1.00 bits per heavy atom. The van der Waals surface area contributed by atoms with Crippen LogP contribution < -0.4 is 15.6 Å². The van der Waals surface area contributed by atoms with E-state index < -0.39 is 11.8 Å². The number of phenols is 1. The molecule has 3 rings (SSSR count). The highest BCUT2D eigenvalue weighted by atomic mass is 16.5. The van der Waals surface area contributed by atoms with Crippen LogP contribution in [0.15, 0.2) is 48.5 Å². The molecule has 2 amide bonds. The topological polar surface area (TPSA) is 87.7 Å². The van der Waals surface area contributed by atoms with Crippen LogP contribution >= 0.6 is 0 Å². The van der Waals surface area contributed by atoms with Gasteiger partial charge in [0, 0.05) is 5.56 Å². The number of phenolic OH excluding ortho intramolecular Hbond substituents is 1. The number of para-hydroxylation sites is 1. The van der Waals surface area contributed by atoms with Gasteiger partial charge in [-0.2, -0.15) is 0 Å². The van der Waals surface area contributed by atoms with Crippen LogP contribution in [0, 0.1) is 5.92 Å². The number of hydrogen-bond acceptors (Lipinski definition) is 4. The zero-order valence-corrected chi connectivity index (χ0v) is 13.0. The maximum absolute atomic E-state index is 12.0. The lowest BCUT2D eigenvalue weighted by Crippen LogP contribution is -2.41. The lowest BCUT2D eigenvalue weighted by molar-refractivity contribution is 0.0845. The Hall–Kier alpha value is -3.02. The Kier molecular flexibility index (Phi) is 4.65. The molecular formula is C18H18N2O4. The zero-order chi connectivity index (χ0) is 16.9. The second-order valence-corrected chi connectivity index (χ2v) is 5.70. The molecule has 0 aromatic heterocycles. The van der Waals surface area contributed by atoms with E-state index in [2.05, 4.69) is 10.9 Å². The van der Waals surface area contributed by atoms with Gasteiger partial charge in [0.2, 0.25) is 0 Å². The molecule has 24 heavy (non-hydrogen) atoms. The highest BCUT2D eigenvalue weighted by molar-refractivity contribution is 6.00. The second-order valence-electron chi connectivity index (χ2n) is 5.70. The molecule has 6 nitrogen and oxygen atoms in total. The van der Waals surface area contributed by atoms with E-state index in [4.69, 9.17) is 4.74 Å². The monoisotopic (exact) mass is 326 g/mol. The Bertz CT molecular complexity index is 739. The molecule has 1 saturated carbocycles. The van der Waals surface area contributed by atoms with E-state index in [9.17, 15) is 14.7 Å². The molecule has 0 atom stereocenters. The molecule has 1 aliphatic rings. The van der Waals surface area contributed by atoms with Crippen LogP contribution in [0.3, 0.4) is 0 Å². The van der Waals surface area contributed by atoms with Crippen molar-refractivity contribution >= 4 is 11.8 Å². The largest absolute Gasteiger partial charge is 0.507 e. The molecule has 1 fully saturated rings. The summed E-state index contributed by atoms with van der Waals surface area (Å²) in [6.07, 6.45) is 2.44. The molecule has 6 heteroatoms. The number of rotatable bonds is 5. The van der Waals surface area contributed by atoms with Crippen molar-refractivity contribution in [2.75, 3.05) is 6.61 Å². The van der Waals surface area contributed by atoms with Crippen molar-refractivity contribution in [3.63, 3.8) is 0 Å². The maximum Gasteiger partial charge on any atom is 0.273 e. The van der Waals surface area contributed by atoms with Gasteiger partial charge in [0.1, 0.15) is 11.5 Å². The summed E-state index contributed by atoms with van der Waals surface area (Å²) in [7, 11) is 0. The van der Waals surface area contributed by atoms with E-state index >= 15 is 0 Å². The van der Waals surface area contributed by atoms with Gasteiger partial charge in [-0.05, 0) is 55.2 Å². The summed E-state index contributed by atoms with van der Waals surface area (Å²) in [5.74, 6) is 0.189. The van der Waals surface area contributed by atoms with Crippen LogP contribution in [0.2, 0.25) is 0 Å². The third-order valence-electron chi connectivity index (χ3n) is 3.74. The van der Waals surface area contributed by atoms with Crippen molar-refractivity contribution in [2.45, 2.75) is 12.8 Å². The van der Waals surface area contributed by atoms with Crippen molar-refractivity contribution in [1.29, 1.82) is 0 Å². The normalized spacial score (nSPS) is 13.2. The van der Waals surface area contributed by atoms with E-state index in [-0.39, 0.29) is 11.3 Å². The third kappa shape index (κ3) is 4.04. The van der Waals surface area contributed by atoms with Crippen LogP contribution in [0.4, 0.5) is 0 Å². The SMILES string of the molecule is O=C(NNC(=O)c1ccccc1O)c1ccc(OCC2CC2)cc1. The number of carbonyl (C=O) groups is 2. The van der Waals surface area contributed by atoms with E-state index in [0.29, 0.717) is 18.1 Å². The highest BCUT2D eigenvalue weighted by Crippen LogP contribution is 2.29. The first kappa shape index (κ1) is 15.9. The Morgan fingerprint density at radius 2 is 1.67 bits per heavy atom. The Labute approximate surface area is 139 Å².